The number of hydrogen-bond acceptors (Lipinski definition) is 3. The second-order valence-corrected chi connectivity index (χ2v) is 5.60. The molecule has 0 aliphatic carbocycles. The molecule has 1 atom stereocenters. The Labute approximate surface area is 113 Å². The van der Waals surface area contributed by atoms with Gasteiger partial charge in [-0.15, -0.1) is 11.3 Å². The number of thiophene rings is 1. The third-order valence-corrected chi connectivity index (χ3v) is 4.10. The molecular formula is C14H21N3S. The first-order valence-electron chi connectivity index (χ1n) is 6.57. The molecule has 2 N–H and O–H groups in total. The zero-order valence-corrected chi connectivity index (χ0v) is 11.7. The molecule has 0 bridgehead atoms. The van der Waals surface area contributed by atoms with Crippen molar-refractivity contribution in [2.45, 2.75) is 45.2 Å². The lowest BCUT2D eigenvalue weighted by molar-refractivity contribution is 0.550. The molecule has 2 aromatic heterocycles. The largest absolute Gasteiger partial charge is 0.335 e. The van der Waals surface area contributed by atoms with E-state index in [1.54, 1.807) is 0 Å². The molecule has 0 fully saturated rings. The molecule has 2 aromatic rings. The van der Waals surface area contributed by atoms with Gasteiger partial charge in [0.2, 0.25) is 0 Å². The van der Waals surface area contributed by atoms with Crippen molar-refractivity contribution in [3.63, 3.8) is 0 Å². The predicted molar refractivity (Wildman–Crippen MR) is 76.8 cm³/mol. The molecule has 0 aliphatic rings. The monoisotopic (exact) mass is 263 g/mol. The predicted octanol–water partition coefficient (Wildman–Crippen LogP) is 2.86. The van der Waals surface area contributed by atoms with E-state index in [0.717, 1.165) is 38.1 Å². The molecule has 2 heterocycles. The van der Waals surface area contributed by atoms with Gasteiger partial charge in [0.1, 0.15) is 5.82 Å². The van der Waals surface area contributed by atoms with Crippen molar-refractivity contribution >= 4 is 11.3 Å². The Morgan fingerprint density at radius 3 is 3.11 bits per heavy atom. The summed E-state index contributed by atoms with van der Waals surface area (Å²) >= 11 is 1.83. The van der Waals surface area contributed by atoms with Crippen LogP contribution in [0.25, 0.3) is 0 Å². The van der Waals surface area contributed by atoms with Gasteiger partial charge in [0, 0.05) is 36.3 Å². The summed E-state index contributed by atoms with van der Waals surface area (Å²) in [6, 6.07) is 4.52. The van der Waals surface area contributed by atoms with E-state index in [0.29, 0.717) is 0 Å². The first kappa shape index (κ1) is 13.3. The Hall–Kier alpha value is -1.13. The lowest BCUT2D eigenvalue weighted by Crippen LogP contribution is -2.24. The van der Waals surface area contributed by atoms with Crippen molar-refractivity contribution in [3.8, 4) is 0 Å². The van der Waals surface area contributed by atoms with Gasteiger partial charge in [-0.1, -0.05) is 6.07 Å². The summed E-state index contributed by atoms with van der Waals surface area (Å²) < 4.78 is 2.17. The summed E-state index contributed by atoms with van der Waals surface area (Å²) in [7, 11) is 0. The van der Waals surface area contributed by atoms with Gasteiger partial charge >= 0.3 is 0 Å². The number of hydrogen-bond donors (Lipinski definition) is 1. The summed E-state index contributed by atoms with van der Waals surface area (Å²) in [5, 5.41) is 2.13. The van der Waals surface area contributed by atoms with Crippen LogP contribution in [0, 0.1) is 0 Å². The van der Waals surface area contributed by atoms with Crippen LogP contribution in [0.15, 0.2) is 29.9 Å². The van der Waals surface area contributed by atoms with Gasteiger partial charge in [0.05, 0.1) is 0 Å². The Morgan fingerprint density at radius 2 is 2.39 bits per heavy atom. The summed E-state index contributed by atoms with van der Waals surface area (Å²) in [5.74, 6) is 1.11. The van der Waals surface area contributed by atoms with E-state index in [1.807, 2.05) is 23.7 Å². The smallest absolute Gasteiger partial charge is 0.110 e. The Morgan fingerprint density at radius 1 is 1.50 bits per heavy atom. The first-order chi connectivity index (χ1) is 8.79. The molecule has 3 nitrogen and oxygen atoms in total. The standard InChI is InChI=1S/C14H21N3S/c1-2-17-9-8-16-14(17)11-12(15)5-3-6-13-7-4-10-18-13/h4,7-10,12H,2-3,5-6,11,15H2,1H3. The summed E-state index contributed by atoms with van der Waals surface area (Å²) in [6.45, 7) is 3.10. The molecule has 0 saturated carbocycles. The zero-order chi connectivity index (χ0) is 12.8. The average Bonchev–Trinajstić information content (AvgIpc) is 3.00. The van der Waals surface area contributed by atoms with Crippen LogP contribution in [0.3, 0.4) is 0 Å². The van der Waals surface area contributed by atoms with Crippen LogP contribution in [0.5, 0.6) is 0 Å². The van der Waals surface area contributed by atoms with Crippen molar-refractivity contribution in [1.82, 2.24) is 9.55 Å². The average molecular weight is 263 g/mol. The Bertz CT molecular complexity index is 447. The number of nitrogens with two attached hydrogens (primary N) is 1. The third-order valence-electron chi connectivity index (χ3n) is 3.17. The number of rotatable bonds is 7. The van der Waals surface area contributed by atoms with Crippen LogP contribution in [0.2, 0.25) is 0 Å². The molecule has 4 heteroatoms. The first-order valence-corrected chi connectivity index (χ1v) is 7.45. The van der Waals surface area contributed by atoms with E-state index >= 15 is 0 Å². The molecule has 0 spiro atoms. The molecule has 0 saturated heterocycles. The summed E-state index contributed by atoms with van der Waals surface area (Å²) in [4.78, 5) is 5.83. The zero-order valence-electron chi connectivity index (χ0n) is 10.9. The number of imidazole rings is 1. The Kier molecular flexibility index (Phi) is 4.96. The molecule has 0 aromatic carbocycles. The Balaban J connectivity index is 1.73. The highest BCUT2D eigenvalue weighted by Crippen LogP contribution is 2.13. The fourth-order valence-electron chi connectivity index (χ4n) is 2.15. The van der Waals surface area contributed by atoms with Crippen LogP contribution in [-0.4, -0.2) is 15.6 Å². The highest BCUT2D eigenvalue weighted by molar-refractivity contribution is 7.09. The molecular weight excluding hydrogens is 242 g/mol. The van der Waals surface area contributed by atoms with Crippen molar-refractivity contribution in [2.75, 3.05) is 0 Å². The number of nitrogens with zero attached hydrogens (tertiary/aromatic N) is 2. The van der Waals surface area contributed by atoms with E-state index in [-0.39, 0.29) is 6.04 Å². The second kappa shape index (κ2) is 6.71. The fraction of sp³-hybridized carbons (Fsp3) is 0.500. The van der Waals surface area contributed by atoms with Crippen LogP contribution in [0.4, 0.5) is 0 Å². The molecule has 0 aliphatic heterocycles. The third kappa shape index (κ3) is 3.68. The van der Waals surface area contributed by atoms with Crippen LogP contribution >= 0.6 is 11.3 Å². The number of aryl methyl sites for hydroxylation is 2. The normalized spacial score (nSPS) is 12.8. The van der Waals surface area contributed by atoms with Gasteiger partial charge in [-0.3, -0.25) is 0 Å². The van der Waals surface area contributed by atoms with Crippen molar-refractivity contribution in [1.29, 1.82) is 0 Å². The molecule has 1 unspecified atom stereocenters. The van der Waals surface area contributed by atoms with Gasteiger partial charge in [-0.25, -0.2) is 4.98 Å². The quantitative estimate of drug-likeness (QED) is 0.834. The maximum atomic E-state index is 6.18. The molecule has 18 heavy (non-hydrogen) atoms. The van der Waals surface area contributed by atoms with E-state index in [2.05, 4.69) is 34.0 Å². The molecule has 98 valence electrons. The lowest BCUT2D eigenvalue weighted by Gasteiger charge is -2.11. The van der Waals surface area contributed by atoms with Crippen molar-refractivity contribution in [3.05, 3.63) is 40.6 Å². The topological polar surface area (TPSA) is 43.8 Å². The molecule has 0 radical (unpaired) electrons. The summed E-state index contributed by atoms with van der Waals surface area (Å²) in [6.07, 6.45) is 8.13. The van der Waals surface area contributed by atoms with Gasteiger partial charge in [-0.05, 0) is 37.6 Å². The maximum absolute atomic E-state index is 6.18. The minimum atomic E-state index is 0.220. The van der Waals surface area contributed by atoms with E-state index in [9.17, 15) is 0 Å². The molecule has 0 amide bonds. The minimum absolute atomic E-state index is 0.220. The van der Waals surface area contributed by atoms with Gasteiger partial charge in [0.15, 0.2) is 0 Å². The van der Waals surface area contributed by atoms with Gasteiger partial charge in [-0.2, -0.15) is 0 Å². The minimum Gasteiger partial charge on any atom is -0.335 e. The van der Waals surface area contributed by atoms with Crippen LogP contribution < -0.4 is 5.73 Å². The SMILES string of the molecule is CCn1ccnc1CC(N)CCCc1cccs1. The summed E-state index contributed by atoms with van der Waals surface area (Å²) in [5.41, 5.74) is 6.18. The van der Waals surface area contributed by atoms with Crippen molar-refractivity contribution in [2.24, 2.45) is 5.73 Å². The maximum Gasteiger partial charge on any atom is 0.110 e. The second-order valence-electron chi connectivity index (χ2n) is 4.57. The van der Waals surface area contributed by atoms with Crippen molar-refractivity contribution < 1.29 is 0 Å². The van der Waals surface area contributed by atoms with E-state index in [4.69, 9.17) is 5.73 Å². The molecule has 2 rings (SSSR count). The van der Waals surface area contributed by atoms with Crippen LogP contribution in [-0.2, 0) is 19.4 Å². The van der Waals surface area contributed by atoms with E-state index < -0.39 is 0 Å². The van der Waals surface area contributed by atoms with E-state index in [1.165, 1.54) is 4.88 Å². The van der Waals surface area contributed by atoms with Gasteiger partial charge in [0.25, 0.3) is 0 Å². The number of aromatic nitrogens is 2. The lowest BCUT2D eigenvalue weighted by atomic mass is 10.1. The fourth-order valence-corrected chi connectivity index (χ4v) is 2.90. The van der Waals surface area contributed by atoms with Gasteiger partial charge < -0.3 is 10.3 Å². The highest BCUT2D eigenvalue weighted by atomic mass is 32.1. The highest BCUT2D eigenvalue weighted by Gasteiger charge is 2.08. The van der Waals surface area contributed by atoms with Crippen LogP contribution in [0.1, 0.15) is 30.5 Å².